The minimum absolute atomic E-state index is 0.260. The van der Waals surface area contributed by atoms with Crippen LogP contribution in [0.15, 0.2) is 24.3 Å². The molecule has 7 heteroatoms. The highest BCUT2D eigenvalue weighted by molar-refractivity contribution is 6.31. The molecule has 2 aliphatic heterocycles. The van der Waals surface area contributed by atoms with E-state index in [-0.39, 0.29) is 18.3 Å². The first-order valence-electron chi connectivity index (χ1n) is 9.58. The van der Waals surface area contributed by atoms with Gasteiger partial charge < -0.3 is 14.2 Å². The summed E-state index contributed by atoms with van der Waals surface area (Å²) in [7, 11) is 0. The lowest BCUT2D eigenvalue weighted by Gasteiger charge is -2.45. The quantitative estimate of drug-likeness (QED) is 0.393. The predicted octanol–water partition coefficient (Wildman–Crippen LogP) is 3.00. The minimum Gasteiger partial charge on any atom is -0.399 e. The molecule has 0 radical (unpaired) electrons. The first-order valence-corrected chi connectivity index (χ1v) is 9.58. The standard InChI is InChI=1S/C20H26FNO5/c1-2-3-4-11-22-12-5-6-16(20(22)26-18(23)19(24)27-20)14-25-13-15-7-9-17(21)10-8-15/h7-10,16H,2-6,11-14H2,1H3. The zero-order chi connectivity index (χ0) is 19.3. The van der Waals surface area contributed by atoms with E-state index in [1.54, 1.807) is 12.1 Å². The molecule has 2 saturated heterocycles. The van der Waals surface area contributed by atoms with Gasteiger partial charge in [0.1, 0.15) is 5.82 Å². The lowest BCUT2D eigenvalue weighted by molar-refractivity contribution is -0.297. The molecule has 2 heterocycles. The lowest BCUT2D eigenvalue weighted by Crippen LogP contribution is -2.59. The summed E-state index contributed by atoms with van der Waals surface area (Å²) in [6.07, 6.45) is 4.71. The van der Waals surface area contributed by atoms with E-state index in [1.807, 2.05) is 4.90 Å². The third-order valence-electron chi connectivity index (χ3n) is 5.11. The summed E-state index contributed by atoms with van der Waals surface area (Å²) in [5, 5.41) is 0. The number of halogens is 1. The highest BCUT2D eigenvalue weighted by atomic mass is 19.1. The summed E-state index contributed by atoms with van der Waals surface area (Å²) in [5.74, 6) is -3.80. The third-order valence-corrected chi connectivity index (χ3v) is 5.11. The Labute approximate surface area is 158 Å². The summed E-state index contributed by atoms with van der Waals surface area (Å²) in [6, 6.07) is 6.10. The van der Waals surface area contributed by atoms with Crippen molar-refractivity contribution in [2.75, 3.05) is 19.7 Å². The molecule has 3 rings (SSSR count). The summed E-state index contributed by atoms with van der Waals surface area (Å²) in [6.45, 7) is 4.11. The van der Waals surface area contributed by atoms with E-state index >= 15 is 0 Å². The number of carbonyl (C=O) groups is 2. The van der Waals surface area contributed by atoms with Crippen LogP contribution in [0.2, 0.25) is 0 Å². The average molecular weight is 379 g/mol. The Morgan fingerprint density at radius 3 is 2.56 bits per heavy atom. The molecule has 0 bridgehead atoms. The van der Waals surface area contributed by atoms with Crippen LogP contribution in [-0.2, 0) is 30.4 Å². The highest BCUT2D eigenvalue weighted by Crippen LogP contribution is 2.40. The first-order chi connectivity index (χ1) is 13.0. The number of piperidine rings is 1. The fraction of sp³-hybridized carbons (Fsp3) is 0.600. The van der Waals surface area contributed by atoms with Crippen molar-refractivity contribution in [3.05, 3.63) is 35.6 Å². The molecule has 1 unspecified atom stereocenters. The molecule has 148 valence electrons. The molecule has 1 aromatic carbocycles. The van der Waals surface area contributed by atoms with Gasteiger partial charge in [0.15, 0.2) is 0 Å². The third kappa shape index (κ3) is 4.47. The zero-order valence-corrected chi connectivity index (χ0v) is 15.6. The Hall–Kier alpha value is -1.99. The second kappa shape index (κ2) is 8.80. The van der Waals surface area contributed by atoms with Gasteiger partial charge in [-0.05, 0) is 37.0 Å². The Bertz CT molecular complexity index is 647. The summed E-state index contributed by atoms with van der Waals surface area (Å²) in [5.41, 5.74) is 0.849. The van der Waals surface area contributed by atoms with Gasteiger partial charge in [-0.3, -0.25) is 0 Å². The Morgan fingerprint density at radius 1 is 1.19 bits per heavy atom. The van der Waals surface area contributed by atoms with E-state index < -0.39 is 17.8 Å². The van der Waals surface area contributed by atoms with Gasteiger partial charge in [-0.25, -0.2) is 18.9 Å². The molecular weight excluding hydrogens is 353 g/mol. The van der Waals surface area contributed by atoms with Gasteiger partial charge >= 0.3 is 17.8 Å². The summed E-state index contributed by atoms with van der Waals surface area (Å²) in [4.78, 5) is 25.6. The molecule has 1 aromatic rings. The van der Waals surface area contributed by atoms with Crippen molar-refractivity contribution >= 4 is 11.9 Å². The van der Waals surface area contributed by atoms with Gasteiger partial charge in [-0.2, -0.15) is 0 Å². The van der Waals surface area contributed by atoms with Crippen LogP contribution in [0.4, 0.5) is 4.39 Å². The van der Waals surface area contributed by atoms with Crippen molar-refractivity contribution < 1.29 is 28.2 Å². The van der Waals surface area contributed by atoms with Crippen LogP contribution in [-0.4, -0.2) is 42.4 Å². The van der Waals surface area contributed by atoms with Gasteiger partial charge in [0.2, 0.25) is 0 Å². The van der Waals surface area contributed by atoms with Crippen molar-refractivity contribution in [2.24, 2.45) is 5.92 Å². The predicted molar refractivity (Wildman–Crippen MR) is 94.8 cm³/mol. The van der Waals surface area contributed by atoms with Gasteiger partial charge in [0.25, 0.3) is 0 Å². The van der Waals surface area contributed by atoms with Gasteiger partial charge in [-0.1, -0.05) is 31.9 Å². The van der Waals surface area contributed by atoms with Crippen molar-refractivity contribution in [2.45, 2.75) is 51.5 Å². The van der Waals surface area contributed by atoms with E-state index in [4.69, 9.17) is 14.2 Å². The number of rotatable bonds is 8. The maximum Gasteiger partial charge on any atom is 0.421 e. The largest absolute Gasteiger partial charge is 0.421 e. The molecule has 1 atom stereocenters. The van der Waals surface area contributed by atoms with Gasteiger partial charge in [0, 0.05) is 13.1 Å². The van der Waals surface area contributed by atoms with Crippen LogP contribution in [0.3, 0.4) is 0 Å². The first kappa shape index (κ1) is 19.8. The number of esters is 2. The Kier molecular flexibility index (Phi) is 6.44. The van der Waals surface area contributed by atoms with Crippen LogP contribution >= 0.6 is 0 Å². The van der Waals surface area contributed by atoms with E-state index in [9.17, 15) is 14.0 Å². The zero-order valence-electron chi connectivity index (χ0n) is 15.6. The van der Waals surface area contributed by atoms with Gasteiger partial charge in [-0.15, -0.1) is 0 Å². The summed E-state index contributed by atoms with van der Waals surface area (Å²) < 4.78 is 29.7. The fourth-order valence-electron chi connectivity index (χ4n) is 3.70. The molecule has 0 N–H and O–H groups in total. The number of hydrogen-bond donors (Lipinski definition) is 0. The van der Waals surface area contributed by atoms with Crippen molar-refractivity contribution in [1.82, 2.24) is 4.90 Å². The van der Waals surface area contributed by atoms with Crippen LogP contribution in [0.5, 0.6) is 0 Å². The van der Waals surface area contributed by atoms with E-state index in [2.05, 4.69) is 6.92 Å². The molecule has 27 heavy (non-hydrogen) atoms. The second-order valence-electron chi connectivity index (χ2n) is 7.08. The number of ether oxygens (including phenoxy) is 3. The molecule has 6 nitrogen and oxygen atoms in total. The fourth-order valence-corrected chi connectivity index (χ4v) is 3.70. The molecule has 2 aliphatic rings. The molecule has 2 fully saturated rings. The van der Waals surface area contributed by atoms with Crippen molar-refractivity contribution in [3.8, 4) is 0 Å². The van der Waals surface area contributed by atoms with Gasteiger partial charge in [0.05, 0.1) is 19.1 Å². The molecular formula is C20H26FNO5. The van der Waals surface area contributed by atoms with Crippen molar-refractivity contribution in [1.29, 1.82) is 0 Å². The van der Waals surface area contributed by atoms with Crippen LogP contribution in [0, 0.1) is 11.7 Å². The highest BCUT2D eigenvalue weighted by Gasteiger charge is 2.59. The SMILES string of the molecule is CCCCCN1CCCC(COCc2ccc(F)cc2)C12OC(=O)C(=O)O2. The van der Waals surface area contributed by atoms with Crippen LogP contribution in [0.1, 0.15) is 44.6 Å². The number of benzene rings is 1. The maximum absolute atomic E-state index is 13.0. The van der Waals surface area contributed by atoms with E-state index in [1.165, 1.54) is 12.1 Å². The molecule has 1 spiro atoms. The molecule has 0 aromatic heterocycles. The van der Waals surface area contributed by atoms with E-state index in [0.717, 1.165) is 37.7 Å². The van der Waals surface area contributed by atoms with Crippen LogP contribution in [0.25, 0.3) is 0 Å². The van der Waals surface area contributed by atoms with Crippen molar-refractivity contribution in [3.63, 3.8) is 0 Å². The monoisotopic (exact) mass is 379 g/mol. The lowest BCUT2D eigenvalue weighted by atomic mass is 9.93. The number of carbonyl (C=O) groups excluding carboxylic acids is 2. The number of hydrogen-bond acceptors (Lipinski definition) is 6. The minimum atomic E-state index is -1.36. The summed E-state index contributed by atoms with van der Waals surface area (Å²) >= 11 is 0. The normalized spacial score (nSPS) is 22.1. The smallest absolute Gasteiger partial charge is 0.399 e. The molecule has 0 aliphatic carbocycles. The van der Waals surface area contributed by atoms with Crippen LogP contribution < -0.4 is 0 Å². The van der Waals surface area contributed by atoms with E-state index in [0.29, 0.717) is 19.7 Å². The number of nitrogens with zero attached hydrogens (tertiary/aromatic N) is 1. The maximum atomic E-state index is 13.0. The number of likely N-dealkylation sites (tertiary alicyclic amines) is 1. The molecule has 0 saturated carbocycles. The topological polar surface area (TPSA) is 65.1 Å². The second-order valence-corrected chi connectivity index (χ2v) is 7.08. The number of unbranched alkanes of at least 4 members (excludes halogenated alkanes) is 2. The molecule has 0 amide bonds. The Balaban J connectivity index is 1.66. The average Bonchev–Trinajstić information content (AvgIpc) is 2.95. The Morgan fingerprint density at radius 2 is 1.89 bits per heavy atom.